The maximum atomic E-state index is 12.9. The highest BCUT2D eigenvalue weighted by Gasteiger charge is 2.31. The van der Waals surface area contributed by atoms with E-state index in [0.717, 1.165) is 75.8 Å². The number of amides is 1. The molecule has 2 saturated heterocycles. The largest absolute Gasteiger partial charge is 0.423 e. The Kier molecular flexibility index (Phi) is 5.62. The fourth-order valence-electron chi connectivity index (χ4n) is 4.39. The zero-order valence-electron chi connectivity index (χ0n) is 15.8. The van der Waals surface area contributed by atoms with Crippen LogP contribution in [0, 0.1) is 11.8 Å². The predicted octanol–water partition coefficient (Wildman–Crippen LogP) is 3.06. The summed E-state index contributed by atoms with van der Waals surface area (Å²) in [5, 5.41) is 8.97. The van der Waals surface area contributed by atoms with Crippen LogP contribution in [0.3, 0.4) is 0 Å². The van der Waals surface area contributed by atoms with Crippen molar-refractivity contribution in [2.45, 2.75) is 38.5 Å². The Bertz CT molecular complexity index is 726. The lowest BCUT2D eigenvalue weighted by atomic mass is 9.90. The third kappa shape index (κ3) is 4.10. The van der Waals surface area contributed by atoms with Gasteiger partial charge in [-0.15, -0.1) is 0 Å². The zero-order chi connectivity index (χ0) is 18.6. The van der Waals surface area contributed by atoms with E-state index in [9.17, 15) is 4.79 Å². The summed E-state index contributed by atoms with van der Waals surface area (Å²) in [5.41, 5.74) is 1.70. The molecule has 2 aromatic rings. The number of aromatic nitrogens is 1. The van der Waals surface area contributed by atoms with Crippen LogP contribution in [0.2, 0.25) is 0 Å². The molecule has 0 saturated carbocycles. The van der Waals surface area contributed by atoms with E-state index in [1.165, 1.54) is 0 Å². The third-order valence-corrected chi connectivity index (χ3v) is 6.09. The van der Waals surface area contributed by atoms with E-state index in [1.54, 1.807) is 0 Å². The van der Waals surface area contributed by atoms with Gasteiger partial charge in [0.25, 0.3) is 6.01 Å². The average Bonchev–Trinajstić information content (AvgIpc) is 3.16. The maximum Gasteiger partial charge on any atom is 0.298 e. The Morgan fingerprint density at radius 1 is 1.11 bits per heavy atom. The minimum Gasteiger partial charge on any atom is -0.423 e. The molecule has 2 fully saturated rings. The van der Waals surface area contributed by atoms with E-state index in [1.807, 2.05) is 24.3 Å². The number of piperidine rings is 2. The summed E-state index contributed by atoms with van der Waals surface area (Å²) in [6, 6.07) is 8.49. The predicted molar refractivity (Wildman–Crippen MR) is 105 cm³/mol. The fraction of sp³-hybridized carbons (Fsp3) is 0.619. The van der Waals surface area contributed by atoms with Crippen molar-refractivity contribution >= 4 is 23.0 Å². The monoisotopic (exact) mass is 371 g/mol. The smallest absolute Gasteiger partial charge is 0.298 e. The van der Waals surface area contributed by atoms with Crippen molar-refractivity contribution in [2.75, 3.05) is 37.7 Å². The first-order valence-electron chi connectivity index (χ1n) is 10.2. The number of aliphatic hydroxyl groups is 1. The van der Waals surface area contributed by atoms with Crippen molar-refractivity contribution in [3.8, 4) is 0 Å². The topological polar surface area (TPSA) is 69.8 Å². The number of hydrogen-bond donors (Lipinski definition) is 1. The van der Waals surface area contributed by atoms with Gasteiger partial charge in [0, 0.05) is 38.7 Å². The summed E-state index contributed by atoms with van der Waals surface area (Å²) < 4.78 is 5.87. The van der Waals surface area contributed by atoms with E-state index in [2.05, 4.69) is 14.8 Å². The Morgan fingerprint density at radius 3 is 2.56 bits per heavy atom. The number of fused-ring (bicyclic) bond motifs is 1. The maximum absolute atomic E-state index is 12.9. The van der Waals surface area contributed by atoms with Crippen LogP contribution in [0.15, 0.2) is 28.7 Å². The Balaban J connectivity index is 1.28. The summed E-state index contributed by atoms with van der Waals surface area (Å²) in [6.45, 7) is 3.66. The summed E-state index contributed by atoms with van der Waals surface area (Å²) >= 11 is 0. The Labute approximate surface area is 160 Å². The number of nitrogens with zero attached hydrogens (tertiary/aromatic N) is 3. The first-order chi connectivity index (χ1) is 13.2. The molecule has 0 bridgehead atoms. The minimum atomic E-state index is 0.125. The molecule has 0 unspecified atom stereocenters. The van der Waals surface area contributed by atoms with Crippen molar-refractivity contribution < 1.29 is 14.3 Å². The minimum absolute atomic E-state index is 0.125. The number of aliphatic hydroxyl groups excluding tert-OH is 1. The molecule has 146 valence electrons. The van der Waals surface area contributed by atoms with Crippen molar-refractivity contribution in [2.24, 2.45) is 11.8 Å². The van der Waals surface area contributed by atoms with Crippen LogP contribution in [0.5, 0.6) is 0 Å². The molecule has 1 aromatic carbocycles. The summed E-state index contributed by atoms with van der Waals surface area (Å²) in [5.74, 6) is 1.12. The van der Waals surface area contributed by atoms with Gasteiger partial charge in [-0.05, 0) is 56.6 Å². The average molecular weight is 371 g/mol. The highest BCUT2D eigenvalue weighted by Crippen LogP contribution is 2.29. The van der Waals surface area contributed by atoms with Gasteiger partial charge in [0.05, 0.1) is 0 Å². The molecule has 1 aromatic heterocycles. The van der Waals surface area contributed by atoms with Crippen LogP contribution in [0.4, 0.5) is 6.01 Å². The number of hydrogen-bond acceptors (Lipinski definition) is 5. The van der Waals surface area contributed by atoms with E-state index in [0.29, 0.717) is 17.8 Å². The number of oxazole rings is 1. The lowest BCUT2D eigenvalue weighted by Gasteiger charge is -2.37. The molecule has 2 aliphatic heterocycles. The highest BCUT2D eigenvalue weighted by atomic mass is 16.4. The van der Waals surface area contributed by atoms with E-state index >= 15 is 0 Å². The molecule has 1 N–H and O–H groups in total. The second kappa shape index (κ2) is 8.30. The molecular weight excluding hydrogens is 342 g/mol. The molecule has 27 heavy (non-hydrogen) atoms. The van der Waals surface area contributed by atoms with Crippen molar-refractivity contribution in [3.63, 3.8) is 0 Å². The van der Waals surface area contributed by atoms with Crippen molar-refractivity contribution in [1.82, 2.24) is 9.88 Å². The standard InChI is InChI=1S/C21H29N3O3/c25-15-3-4-16-7-11-23(12-8-16)20(26)17-9-13-24(14-10-17)21-22-18-5-1-2-6-19(18)27-21/h1-2,5-6,16-17,25H,3-4,7-15H2. The van der Waals surface area contributed by atoms with Crippen LogP contribution < -0.4 is 4.90 Å². The normalized spacial score (nSPS) is 19.7. The molecule has 1 amide bonds. The van der Waals surface area contributed by atoms with Gasteiger partial charge in [0.2, 0.25) is 5.91 Å². The van der Waals surface area contributed by atoms with Gasteiger partial charge >= 0.3 is 0 Å². The molecule has 6 heteroatoms. The first kappa shape index (κ1) is 18.3. The van der Waals surface area contributed by atoms with E-state index in [4.69, 9.17) is 9.52 Å². The second-order valence-electron chi connectivity index (χ2n) is 7.86. The lowest BCUT2D eigenvalue weighted by molar-refractivity contribution is -0.137. The van der Waals surface area contributed by atoms with E-state index < -0.39 is 0 Å². The van der Waals surface area contributed by atoms with Gasteiger partial charge in [-0.2, -0.15) is 4.98 Å². The van der Waals surface area contributed by atoms with Crippen molar-refractivity contribution in [1.29, 1.82) is 0 Å². The van der Waals surface area contributed by atoms with Crippen LogP contribution in [0.25, 0.3) is 11.1 Å². The molecule has 6 nitrogen and oxygen atoms in total. The van der Waals surface area contributed by atoms with Crippen LogP contribution >= 0.6 is 0 Å². The molecule has 0 aliphatic carbocycles. The van der Waals surface area contributed by atoms with Gasteiger partial charge < -0.3 is 19.3 Å². The number of likely N-dealkylation sites (tertiary alicyclic amines) is 1. The lowest BCUT2D eigenvalue weighted by Crippen LogP contribution is -2.45. The third-order valence-electron chi connectivity index (χ3n) is 6.09. The second-order valence-corrected chi connectivity index (χ2v) is 7.86. The summed E-state index contributed by atoms with van der Waals surface area (Å²) in [6.07, 6.45) is 5.85. The fourth-order valence-corrected chi connectivity index (χ4v) is 4.39. The quantitative estimate of drug-likeness (QED) is 0.875. The SMILES string of the molecule is O=C(C1CCN(c2nc3ccccc3o2)CC1)N1CCC(CCCO)CC1. The van der Waals surface area contributed by atoms with Gasteiger partial charge in [-0.1, -0.05) is 12.1 Å². The molecule has 0 radical (unpaired) electrons. The number of carbonyl (C=O) groups is 1. The number of para-hydroxylation sites is 2. The number of anilines is 1. The number of benzene rings is 1. The summed E-state index contributed by atoms with van der Waals surface area (Å²) in [4.78, 5) is 21.7. The molecule has 0 spiro atoms. The zero-order valence-corrected chi connectivity index (χ0v) is 15.8. The van der Waals surface area contributed by atoms with Crippen molar-refractivity contribution in [3.05, 3.63) is 24.3 Å². The van der Waals surface area contributed by atoms with Crippen LogP contribution in [0.1, 0.15) is 38.5 Å². The molecular formula is C21H29N3O3. The Morgan fingerprint density at radius 2 is 1.85 bits per heavy atom. The van der Waals surface area contributed by atoms with Crippen LogP contribution in [-0.4, -0.2) is 53.7 Å². The molecule has 3 heterocycles. The Hall–Kier alpha value is -2.08. The van der Waals surface area contributed by atoms with E-state index in [-0.39, 0.29) is 12.5 Å². The first-order valence-corrected chi connectivity index (χ1v) is 10.2. The highest BCUT2D eigenvalue weighted by molar-refractivity contribution is 5.79. The molecule has 4 rings (SSSR count). The van der Waals surface area contributed by atoms with Gasteiger partial charge in [-0.25, -0.2) is 0 Å². The van der Waals surface area contributed by atoms with Crippen LogP contribution in [-0.2, 0) is 4.79 Å². The van der Waals surface area contributed by atoms with Gasteiger partial charge in [0.1, 0.15) is 5.52 Å². The summed E-state index contributed by atoms with van der Waals surface area (Å²) in [7, 11) is 0. The van der Waals surface area contributed by atoms with Gasteiger partial charge in [0.15, 0.2) is 5.58 Å². The molecule has 2 aliphatic rings. The van der Waals surface area contributed by atoms with Gasteiger partial charge in [-0.3, -0.25) is 4.79 Å². The number of rotatable bonds is 5. The number of carbonyl (C=O) groups excluding carboxylic acids is 1. The molecule has 0 atom stereocenters.